The Morgan fingerprint density at radius 1 is 1.06 bits per heavy atom. The van der Waals surface area contributed by atoms with E-state index in [9.17, 15) is 44.4 Å². The summed E-state index contributed by atoms with van der Waals surface area (Å²) < 4.78 is 18.6. The SMILES string of the molecule is C[C@@H]1CCC[C@H](C)N1CCNC(=O)c1ccc(F)c(N(C(=O)c2cnc3cc(-c4ccnn4C)ccn23)C(C(=O)O)C(O)(CC(=O)O)C(=O)O)c1. The normalized spacial score (nSPS) is 18.1. The average Bonchev–Trinajstić information content (AvgIpc) is 3.70. The minimum absolute atomic E-state index is 0.140. The van der Waals surface area contributed by atoms with Gasteiger partial charge >= 0.3 is 17.9 Å². The van der Waals surface area contributed by atoms with Crippen LogP contribution in [0.2, 0.25) is 0 Å². The molecule has 5 rings (SSSR count). The van der Waals surface area contributed by atoms with Gasteiger partial charge in [0.05, 0.1) is 24.0 Å². The van der Waals surface area contributed by atoms with Crippen LogP contribution in [0.3, 0.4) is 0 Å². The molecule has 1 aliphatic heterocycles. The van der Waals surface area contributed by atoms with Crippen LogP contribution in [0.15, 0.2) is 55.0 Å². The van der Waals surface area contributed by atoms with Crippen LogP contribution < -0.4 is 10.2 Å². The first-order chi connectivity index (χ1) is 24.1. The Hall–Kier alpha value is -5.68. The number of halogens is 1. The van der Waals surface area contributed by atoms with Crippen molar-refractivity contribution in [1.82, 2.24) is 29.4 Å². The maximum absolute atomic E-state index is 15.8. The summed E-state index contributed by atoms with van der Waals surface area (Å²) in [6, 6.07) is 5.32. The third-order valence-corrected chi connectivity index (χ3v) is 9.30. The molecule has 5 N–H and O–H groups in total. The number of anilines is 1. The second kappa shape index (κ2) is 14.7. The molecular formula is C34H38FN7O9. The van der Waals surface area contributed by atoms with E-state index in [1.165, 1.54) is 10.6 Å². The minimum atomic E-state index is -3.67. The van der Waals surface area contributed by atoms with Gasteiger partial charge in [-0.25, -0.2) is 19.0 Å². The topological polar surface area (TPSA) is 220 Å². The van der Waals surface area contributed by atoms with E-state index in [1.807, 2.05) is 0 Å². The van der Waals surface area contributed by atoms with E-state index < -0.39 is 65.0 Å². The van der Waals surface area contributed by atoms with Gasteiger partial charge in [-0.2, -0.15) is 5.10 Å². The summed E-state index contributed by atoms with van der Waals surface area (Å²) in [5.74, 6) is -9.72. The van der Waals surface area contributed by atoms with E-state index in [2.05, 4.69) is 34.1 Å². The number of piperidine rings is 1. The number of carboxylic acids is 3. The molecule has 270 valence electrons. The second-order valence-corrected chi connectivity index (χ2v) is 12.6. The molecule has 16 nitrogen and oxygen atoms in total. The molecule has 0 spiro atoms. The summed E-state index contributed by atoms with van der Waals surface area (Å²) in [4.78, 5) is 71.2. The number of nitrogens with zero attached hydrogens (tertiary/aromatic N) is 6. The van der Waals surface area contributed by atoms with E-state index >= 15 is 4.39 Å². The van der Waals surface area contributed by atoms with E-state index in [-0.39, 0.29) is 22.7 Å². The lowest BCUT2D eigenvalue weighted by atomic mass is 9.88. The third kappa shape index (κ3) is 7.29. The highest BCUT2D eigenvalue weighted by Gasteiger charge is 2.55. The highest BCUT2D eigenvalue weighted by atomic mass is 19.1. The van der Waals surface area contributed by atoms with Gasteiger partial charge in [0.1, 0.15) is 17.2 Å². The number of likely N-dealkylation sites (tertiary alicyclic amines) is 1. The summed E-state index contributed by atoms with van der Waals surface area (Å²) in [7, 11) is 1.71. The molecule has 1 aromatic carbocycles. The van der Waals surface area contributed by atoms with Crippen molar-refractivity contribution in [3.05, 3.63) is 72.1 Å². The molecule has 4 atom stereocenters. The molecule has 3 aromatic heterocycles. The van der Waals surface area contributed by atoms with Crippen LogP contribution >= 0.6 is 0 Å². The van der Waals surface area contributed by atoms with Gasteiger partial charge in [-0.1, -0.05) is 6.42 Å². The number of carboxylic acid groups (broad SMARTS) is 3. The zero-order chi connectivity index (χ0) is 37.2. The van der Waals surface area contributed by atoms with Crippen LogP contribution in [-0.4, -0.2) is 111 Å². The van der Waals surface area contributed by atoms with Crippen LogP contribution in [-0.2, 0) is 21.4 Å². The molecule has 0 aliphatic carbocycles. The number of aromatic nitrogens is 4. The monoisotopic (exact) mass is 707 g/mol. The molecule has 51 heavy (non-hydrogen) atoms. The molecule has 0 bridgehead atoms. The minimum Gasteiger partial charge on any atom is -0.481 e. The Bertz CT molecular complexity index is 1990. The van der Waals surface area contributed by atoms with Gasteiger partial charge in [-0.15, -0.1) is 0 Å². The van der Waals surface area contributed by atoms with Gasteiger partial charge in [0.15, 0.2) is 6.04 Å². The standard InChI is InChI=1S/C34H38FN7O9/c1-19-5-4-6-20(2)40(19)14-12-36-30(45)22-7-8-23(35)25(15-22)42(29(32(47)48)34(51,33(49)50)17-28(43)44)31(46)26-18-37-27-16-21(10-13-41(26)27)24-9-11-38-39(24)3/h7-11,13,15-16,18-20,29,51H,4-6,12,14,17H2,1-3H3,(H,36,45)(H,43,44)(H,47,48)(H,49,50)/t19-,20+,29?,34?. The van der Waals surface area contributed by atoms with Gasteiger partial charge in [0.25, 0.3) is 11.8 Å². The molecule has 1 aliphatic rings. The number of carbonyl (C=O) groups is 5. The Morgan fingerprint density at radius 3 is 2.37 bits per heavy atom. The number of hydrogen-bond donors (Lipinski definition) is 5. The number of aryl methyl sites for hydroxylation is 1. The van der Waals surface area contributed by atoms with E-state index in [1.54, 1.807) is 36.1 Å². The lowest BCUT2D eigenvalue weighted by Gasteiger charge is -2.39. The predicted molar refractivity (Wildman–Crippen MR) is 179 cm³/mol. The summed E-state index contributed by atoms with van der Waals surface area (Å²) in [5.41, 5.74) is -3.67. The number of amides is 2. The number of nitrogens with one attached hydrogen (secondary N) is 1. The van der Waals surface area contributed by atoms with Crippen molar-refractivity contribution in [2.75, 3.05) is 18.0 Å². The van der Waals surface area contributed by atoms with Gasteiger partial charge in [-0.3, -0.25) is 33.3 Å². The highest BCUT2D eigenvalue weighted by molar-refractivity contribution is 6.11. The van der Waals surface area contributed by atoms with Crippen LogP contribution in [0.4, 0.5) is 10.1 Å². The molecule has 17 heteroatoms. The van der Waals surface area contributed by atoms with E-state index in [4.69, 9.17) is 0 Å². The summed E-state index contributed by atoms with van der Waals surface area (Å²) in [6.45, 7) is 4.92. The number of fused-ring (bicyclic) bond motifs is 1. The Labute approximate surface area is 290 Å². The first-order valence-corrected chi connectivity index (χ1v) is 16.2. The van der Waals surface area contributed by atoms with Crippen LogP contribution in [0.25, 0.3) is 16.9 Å². The lowest BCUT2D eigenvalue weighted by molar-refractivity contribution is -0.172. The Balaban J connectivity index is 1.57. The van der Waals surface area contributed by atoms with Crippen LogP contribution in [0, 0.1) is 5.82 Å². The lowest BCUT2D eigenvalue weighted by Crippen LogP contribution is -2.64. The molecule has 1 saturated heterocycles. The van der Waals surface area contributed by atoms with Gasteiger partial charge in [-0.05, 0) is 63.1 Å². The number of imidazole rings is 1. The van der Waals surface area contributed by atoms with Crippen molar-refractivity contribution < 1.29 is 48.8 Å². The van der Waals surface area contributed by atoms with Gasteiger partial charge < -0.3 is 25.7 Å². The summed E-state index contributed by atoms with van der Waals surface area (Å²) in [6.07, 6.45) is 5.46. The number of aliphatic carboxylic acids is 3. The molecule has 4 aromatic rings. The van der Waals surface area contributed by atoms with Crippen LogP contribution in [0.1, 0.15) is 60.4 Å². The fourth-order valence-corrected chi connectivity index (χ4v) is 6.65. The summed E-state index contributed by atoms with van der Waals surface area (Å²) in [5, 5.41) is 47.9. The first kappa shape index (κ1) is 36.6. The van der Waals surface area contributed by atoms with Gasteiger partial charge in [0, 0.05) is 55.7 Å². The predicted octanol–water partition coefficient (Wildman–Crippen LogP) is 2.26. The number of rotatable bonds is 13. The Morgan fingerprint density at radius 2 is 1.76 bits per heavy atom. The Kier molecular flexibility index (Phi) is 10.5. The maximum Gasteiger partial charge on any atom is 0.339 e. The molecular weight excluding hydrogens is 669 g/mol. The quantitative estimate of drug-likeness (QED) is 0.135. The smallest absolute Gasteiger partial charge is 0.339 e. The van der Waals surface area contributed by atoms with E-state index in [0.29, 0.717) is 29.9 Å². The second-order valence-electron chi connectivity index (χ2n) is 12.6. The van der Waals surface area contributed by atoms with Crippen molar-refractivity contribution >= 4 is 41.1 Å². The number of carbonyl (C=O) groups excluding carboxylic acids is 2. The van der Waals surface area contributed by atoms with Crippen molar-refractivity contribution in [1.29, 1.82) is 0 Å². The summed E-state index contributed by atoms with van der Waals surface area (Å²) >= 11 is 0. The van der Waals surface area contributed by atoms with Crippen molar-refractivity contribution in [2.24, 2.45) is 7.05 Å². The van der Waals surface area contributed by atoms with Crippen molar-refractivity contribution in [2.45, 2.75) is 63.3 Å². The van der Waals surface area contributed by atoms with Crippen molar-refractivity contribution in [3.63, 3.8) is 0 Å². The number of pyridine rings is 1. The van der Waals surface area contributed by atoms with E-state index in [0.717, 1.165) is 43.7 Å². The largest absolute Gasteiger partial charge is 0.481 e. The first-order valence-electron chi connectivity index (χ1n) is 16.2. The average molecular weight is 708 g/mol. The zero-order valence-electron chi connectivity index (χ0n) is 28.1. The molecule has 4 heterocycles. The van der Waals surface area contributed by atoms with Gasteiger partial charge in [0.2, 0.25) is 5.60 Å². The molecule has 0 saturated carbocycles. The maximum atomic E-state index is 15.8. The van der Waals surface area contributed by atoms with Crippen molar-refractivity contribution in [3.8, 4) is 11.3 Å². The fraction of sp³-hybridized carbons (Fsp3) is 0.382. The number of aliphatic hydroxyl groups is 1. The molecule has 2 amide bonds. The molecule has 1 fully saturated rings. The number of hydrogen-bond acceptors (Lipinski definition) is 9. The molecule has 2 unspecified atom stereocenters. The number of benzene rings is 1. The van der Waals surface area contributed by atoms with Crippen LogP contribution in [0.5, 0.6) is 0 Å². The third-order valence-electron chi connectivity index (χ3n) is 9.30. The highest BCUT2D eigenvalue weighted by Crippen LogP contribution is 2.32. The fourth-order valence-electron chi connectivity index (χ4n) is 6.65. The molecule has 0 radical (unpaired) electrons. The zero-order valence-corrected chi connectivity index (χ0v) is 28.1.